The van der Waals surface area contributed by atoms with E-state index in [1.165, 1.54) is 11.1 Å². The van der Waals surface area contributed by atoms with Gasteiger partial charge >= 0.3 is 0 Å². The maximum Gasteiger partial charge on any atom is 0.0843 e. The number of benzene rings is 1. The highest BCUT2D eigenvalue weighted by molar-refractivity contribution is 6.34. The topological polar surface area (TPSA) is 32.6 Å². The van der Waals surface area contributed by atoms with Gasteiger partial charge in [-0.1, -0.05) is 97.8 Å². The van der Waals surface area contributed by atoms with Crippen LogP contribution in [0.1, 0.15) is 65.0 Å². The Balaban J connectivity index is 0.00000199. The van der Waals surface area contributed by atoms with Crippen LogP contribution in [0, 0.1) is 5.92 Å². The summed E-state index contributed by atoms with van der Waals surface area (Å²) >= 11 is 6.12. The molecule has 0 fully saturated rings. The van der Waals surface area contributed by atoms with Crippen molar-refractivity contribution in [1.29, 1.82) is 0 Å². The molecule has 0 spiro atoms. The number of halogens is 1. The molecule has 0 heterocycles. The molecule has 3 rings (SSSR count). The number of aliphatic imine (C=N–C) groups is 1. The van der Waals surface area contributed by atoms with Crippen LogP contribution in [0.3, 0.4) is 0 Å². The number of rotatable bonds is 8. The van der Waals surface area contributed by atoms with Crippen LogP contribution >= 0.6 is 11.6 Å². The van der Waals surface area contributed by atoms with Gasteiger partial charge in [-0.05, 0) is 81.2 Å². The monoisotopic (exact) mass is 477 g/mol. The van der Waals surface area contributed by atoms with E-state index in [1.807, 2.05) is 65.0 Å². The molecule has 2 nitrogen and oxygen atoms in total. The second-order valence-electron chi connectivity index (χ2n) is 8.87. The second-order valence-corrected chi connectivity index (χ2v) is 9.31. The summed E-state index contributed by atoms with van der Waals surface area (Å²) in [4.78, 5) is 4.69. The lowest BCUT2D eigenvalue weighted by Crippen LogP contribution is -2.17. The van der Waals surface area contributed by atoms with Crippen LogP contribution in [-0.2, 0) is 12.0 Å². The van der Waals surface area contributed by atoms with Gasteiger partial charge in [0, 0.05) is 5.03 Å². The fourth-order valence-corrected chi connectivity index (χ4v) is 4.34. The molecule has 0 aliphatic heterocycles. The van der Waals surface area contributed by atoms with Crippen LogP contribution < -0.4 is 0 Å². The minimum atomic E-state index is -0.803. The summed E-state index contributed by atoms with van der Waals surface area (Å²) in [5.41, 5.74) is 4.90. The standard InChI is InChI=1S/C29H34ClNO.C2H6/c1-4-24-17-18-26(30)21-28(24)31-19-9-13-23-11-7-10-22(20-23)12-8-15-25-14-5-6-16-27(25)29(2,3)32;1-2/h4-7,9-10,13-14,16-18,20-21,23,32H,8,11-12,15,19H2,1-3H3;1-2H3/b13-9+,24-4-,31-28?;. The number of hydrogen-bond donors (Lipinski definition) is 1. The first-order valence-corrected chi connectivity index (χ1v) is 12.9. The van der Waals surface area contributed by atoms with Gasteiger partial charge in [0.05, 0.1) is 17.9 Å². The lowest BCUT2D eigenvalue weighted by molar-refractivity contribution is 0.0776. The molecule has 0 bridgehead atoms. The van der Waals surface area contributed by atoms with Gasteiger partial charge in [0.25, 0.3) is 0 Å². The zero-order valence-corrected chi connectivity index (χ0v) is 22.1. The molecule has 0 aromatic heterocycles. The molecule has 182 valence electrons. The Morgan fingerprint density at radius 1 is 1.12 bits per heavy atom. The molecule has 1 N–H and O–H groups in total. The number of hydrogen-bond acceptors (Lipinski definition) is 2. The van der Waals surface area contributed by atoms with Crippen LogP contribution in [0.15, 0.2) is 100 Å². The van der Waals surface area contributed by atoms with Gasteiger partial charge < -0.3 is 5.11 Å². The third kappa shape index (κ3) is 8.74. The molecule has 1 unspecified atom stereocenters. The minimum Gasteiger partial charge on any atom is -0.386 e. The van der Waals surface area contributed by atoms with Gasteiger partial charge in [-0.2, -0.15) is 0 Å². The van der Waals surface area contributed by atoms with Crippen molar-refractivity contribution < 1.29 is 5.11 Å². The van der Waals surface area contributed by atoms with Gasteiger partial charge in [-0.25, -0.2) is 0 Å². The molecule has 0 radical (unpaired) electrons. The average molecular weight is 478 g/mol. The molecule has 2 aliphatic rings. The second kappa shape index (κ2) is 14.1. The highest BCUT2D eigenvalue weighted by Crippen LogP contribution is 2.26. The van der Waals surface area contributed by atoms with Crippen molar-refractivity contribution in [2.75, 3.05) is 6.54 Å². The molecule has 0 saturated carbocycles. The van der Waals surface area contributed by atoms with Crippen LogP contribution in [0.25, 0.3) is 0 Å². The summed E-state index contributed by atoms with van der Waals surface area (Å²) in [6.07, 6.45) is 23.3. The van der Waals surface area contributed by atoms with Crippen molar-refractivity contribution >= 4 is 17.3 Å². The maximum absolute atomic E-state index is 10.4. The molecule has 0 saturated heterocycles. The average Bonchev–Trinajstić information content (AvgIpc) is 2.83. The van der Waals surface area contributed by atoms with Crippen LogP contribution in [0.5, 0.6) is 0 Å². The number of aryl methyl sites for hydroxylation is 1. The van der Waals surface area contributed by atoms with E-state index in [0.717, 1.165) is 42.5 Å². The maximum atomic E-state index is 10.4. The third-order valence-corrected chi connectivity index (χ3v) is 6.05. The van der Waals surface area contributed by atoms with Crippen molar-refractivity contribution in [2.45, 2.75) is 65.9 Å². The highest BCUT2D eigenvalue weighted by Gasteiger charge is 2.19. The van der Waals surface area contributed by atoms with Crippen LogP contribution in [0.4, 0.5) is 0 Å². The predicted octanol–water partition coefficient (Wildman–Crippen LogP) is 8.40. The largest absolute Gasteiger partial charge is 0.386 e. The summed E-state index contributed by atoms with van der Waals surface area (Å²) in [6, 6.07) is 8.22. The Kier molecular flexibility index (Phi) is 11.5. The minimum absolute atomic E-state index is 0.422. The smallest absolute Gasteiger partial charge is 0.0843 e. The van der Waals surface area contributed by atoms with Gasteiger partial charge in [-0.3, -0.25) is 4.99 Å². The molecule has 3 heteroatoms. The zero-order chi connectivity index (χ0) is 25.0. The van der Waals surface area contributed by atoms with Gasteiger partial charge in [-0.15, -0.1) is 0 Å². The summed E-state index contributed by atoms with van der Waals surface area (Å²) < 4.78 is 0. The molecular weight excluding hydrogens is 438 g/mol. The lowest BCUT2D eigenvalue weighted by atomic mass is 9.89. The van der Waals surface area contributed by atoms with Crippen molar-refractivity contribution in [3.05, 3.63) is 106 Å². The highest BCUT2D eigenvalue weighted by atomic mass is 35.5. The Morgan fingerprint density at radius 3 is 2.62 bits per heavy atom. The normalized spacial score (nSPS) is 20.4. The Bertz CT molecular complexity index is 1010. The SMILES string of the molecule is C/C=C1/C=CC(Cl)=CC1=NC/C=C/C1C=C(CCCc2ccccc2C(C)(C)O)C=CC1.CC. The van der Waals surface area contributed by atoms with E-state index in [2.05, 4.69) is 48.6 Å². The fraction of sp³-hybridized carbons (Fsp3) is 0.387. The summed E-state index contributed by atoms with van der Waals surface area (Å²) in [7, 11) is 0. The molecule has 34 heavy (non-hydrogen) atoms. The summed E-state index contributed by atoms with van der Waals surface area (Å²) in [5, 5.41) is 11.1. The molecule has 2 aliphatic carbocycles. The van der Waals surface area contributed by atoms with E-state index in [0.29, 0.717) is 17.5 Å². The Hall–Kier alpha value is -2.42. The van der Waals surface area contributed by atoms with E-state index < -0.39 is 5.60 Å². The number of aliphatic hydroxyl groups is 1. The van der Waals surface area contributed by atoms with Crippen LogP contribution in [0.2, 0.25) is 0 Å². The van der Waals surface area contributed by atoms with Crippen molar-refractivity contribution in [2.24, 2.45) is 10.9 Å². The summed E-state index contributed by atoms with van der Waals surface area (Å²) in [5.74, 6) is 0.422. The Labute approximate surface area is 211 Å². The first-order chi connectivity index (χ1) is 16.4. The van der Waals surface area contributed by atoms with E-state index in [4.69, 9.17) is 16.6 Å². The Morgan fingerprint density at radius 2 is 1.88 bits per heavy atom. The zero-order valence-electron chi connectivity index (χ0n) is 21.4. The van der Waals surface area contributed by atoms with Crippen molar-refractivity contribution in [1.82, 2.24) is 0 Å². The first kappa shape index (κ1) is 27.8. The van der Waals surface area contributed by atoms with Gasteiger partial charge in [0.2, 0.25) is 0 Å². The van der Waals surface area contributed by atoms with Gasteiger partial charge in [0.1, 0.15) is 0 Å². The lowest BCUT2D eigenvalue weighted by Gasteiger charge is -2.22. The number of nitrogens with zero attached hydrogens (tertiary/aromatic N) is 1. The quantitative estimate of drug-likeness (QED) is 0.374. The van der Waals surface area contributed by atoms with E-state index in [9.17, 15) is 5.11 Å². The van der Waals surface area contributed by atoms with E-state index in [1.54, 1.807) is 0 Å². The number of allylic oxidation sites excluding steroid dienone is 11. The summed E-state index contributed by atoms with van der Waals surface area (Å²) in [6.45, 7) is 10.4. The third-order valence-electron chi connectivity index (χ3n) is 5.81. The van der Waals surface area contributed by atoms with Crippen LogP contribution in [-0.4, -0.2) is 17.4 Å². The van der Waals surface area contributed by atoms with E-state index >= 15 is 0 Å². The van der Waals surface area contributed by atoms with Crippen molar-refractivity contribution in [3.63, 3.8) is 0 Å². The van der Waals surface area contributed by atoms with Crippen molar-refractivity contribution in [3.8, 4) is 0 Å². The molecule has 1 aromatic rings. The molecule has 1 aromatic carbocycles. The first-order valence-electron chi connectivity index (χ1n) is 12.5. The van der Waals surface area contributed by atoms with Gasteiger partial charge in [0.15, 0.2) is 0 Å². The molecule has 1 atom stereocenters. The predicted molar refractivity (Wildman–Crippen MR) is 150 cm³/mol. The molecular formula is C31H40ClNO. The molecule has 0 amide bonds. The fourth-order valence-electron chi connectivity index (χ4n) is 4.18. The van der Waals surface area contributed by atoms with E-state index in [-0.39, 0.29) is 0 Å².